The third kappa shape index (κ3) is 8.23. The number of hydrogen-bond donors (Lipinski definition) is 4. The lowest BCUT2D eigenvalue weighted by molar-refractivity contribution is -0.117. The van der Waals surface area contributed by atoms with Crippen molar-refractivity contribution in [3.63, 3.8) is 0 Å². The highest BCUT2D eigenvalue weighted by Gasteiger charge is 1.98. The van der Waals surface area contributed by atoms with Crippen LogP contribution in [-0.4, -0.2) is 35.1 Å². The van der Waals surface area contributed by atoms with E-state index in [0.717, 1.165) is 24.0 Å². The van der Waals surface area contributed by atoms with Crippen LogP contribution in [0.25, 0.3) is 12.2 Å². The number of hydrogen-bond acceptors (Lipinski definition) is 4. The fourth-order valence-corrected chi connectivity index (χ4v) is 2.31. The van der Waals surface area contributed by atoms with Crippen molar-refractivity contribution < 1.29 is 19.8 Å². The first-order valence-corrected chi connectivity index (χ1v) is 9.03. The van der Waals surface area contributed by atoms with Crippen LogP contribution in [0, 0.1) is 0 Å². The fraction of sp³-hybridized carbons (Fsp3) is 0.182. The summed E-state index contributed by atoms with van der Waals surface area (Å²) in [6, 6.07) is 13.1. The second-order valence-corrected chi connectivity index (χ2v) is 6.14. The Morgan fingerprint density at radius 2 is 1.04 bits per heavy atom. The predicted molar refractivity (Wildman–Crippen MR) is 110 cm³/mol. The smallest absolute Gasteiger partial charge is 0.243 e. The molecule has 0 aromatic heterocycles. The van der Waals surface area contributed by atoms with Crippen LogP contribution >= 0.6 is 0 Å². The number of unbranched alkanes of at least 4 members (excludes halogenated alkanes) is 1. The predicted octanol–water partition coefficient (Wildman–Crippen LogP) is 2.84. The molecule has 6 nitrogen and oxygen atoms in total. The summed E-state index contributed by atoms with van der Waals surface area (Å²) < 4.78 is 0. The molecular formula is C22H24N2O4. The molecule has 2 aromatic rings. The van der Waals surface area contributed by atoms with Crippen LogP contribution in [0.5, 0.6) is 11.5 Å². The van der Waals surface area contributed by atoms with Gasteiger partial charge < -0.3 is 20.8 Å². The number of aromatic hydroxyl groups is 2. The van der Waals surface area contributed by atoms with E-state index in [1.807, 2.05) is 0 Å². The van der Waals surface area contributed by atoms with Gasteiger partial charge in [0, 0.05) is 25.2 Å². The summed E-state index contributed by atoms with van der Waals surface area (Å²) in [7, 11) is 0. The van der Waals surface area contributed by atoms with E-state index in [0.29, 0.717) is 13.1 Å². The van der Waals surface area contributed by atoms with Crippen molar-refractivity contribution in [3.8, 4) is 11.5 Å². The molecule has 0 spiro atoms. The van der Waals surface area contributed by atoms with Crippen LogP contribution < -0.4 is 10.6 Å². The third-order valence-corrected chi connectivity index (χ3v) is 3.84. The van der Waals surface area contributed by atoms with Gasteiger partial charge in [0.2, 0.25) is 11.8 Å². The Morgan fingerprint density at radius 1 is 0.679 bits per heavy atom. The fourth-order valence-electron chi connectivity index (χ4n) is 2.31. The summed E-state index contributed by atoms with van der Waals surface area (Å²) >= 11 is 0. The molecule has 0 heterocycles. The minimum atomic E-state index is -0.186. The van der Waals surface area contributed by atoms with E-state index in [1.54, 1.807) is 60.7 Å². The molecular weight excluding hydrogens is 356 g/mol. The lowest BCUT2D eigenvalue weighted by atomic mass is 10.2. The average Bonchev–Trinajstić information content (AvgIpc) is 2.69. The van der Waals surface area contributed by atoms with Crippen molar-refractivity contribution in [2.75, 3.05) is 13.1 Å². The molecule has 0 saturated carbocycles. The molecule has 2 rings (SSSR count). The molecule has 0 atom stereocenters. The molecule has 0 fully saturated rings. The molecule has 6 heteroatoms. The van der Waals surface area contributed by atoms with Gasteiger partial charge in [0.05, 0.1) is 0 Å². The second kappa shape index (κ2) is 11.2. The molecule has 0 aliphatic carbocycles. The van der Waals surface area contributed by atoms with Crippen molar-refractivity contribution in [1.29, 1.82) is 0 Å². The maximum absolute atomic E-state index is 11.7. The SMILES string of the molecule is O=C(/C=C/c1ccc(O)cc1)NCCCCNC(=O)/C=C/c1ccc(O)cc1. The Kier molecular flexibility index (Phi) is 8.33. The number of amides is 2. The van der Waals surface area contributed by atoms with Gasteiger partial charge in [-0.05, 0) is 60.4 Å². The van der Waals surface area contributed by atoms with E-state index in [1.165, 1.54) is 12.2 Å². The van der Waals surface area contributed by atoms with Crippen molar-refractivity contribution in [1.82, 2.24) is 10.6 Å². The molecule has 0 unspecified atom stereocenters. The minimum absolute atomic E-state index is 0.185. The molecule has 0 bridgehead atoms. The van der Waals surface area contributed by atoms with Gasteiger partial charge in [0.15, 0.2) is 0 Å². The van der Waals surface area contributed by atoms with Gasteiger partial charge in [0.25, 0.3) is 0 Å². The number of benzene rings is 2. The first-order chi connectivity index (χ1) is 13.5. The van der Waals surface area contributed by atoms with E-state index >= 15 is 0 Å². The third-order valence-electron chi connectivity index (χ3n) is 3.84. The minimum Gasteiger partial charge on any atom is -0.508 e. The Balaban J connectivity index is 1.56. The molecule has 2 amide bonds. The first-order valence-electron chi connectivity index (χ1n) is 9.03. The highest BCUT2D eigenvalue weighted by molar-refractivity contribution is 5.92. The number of phenolic OH excluding ortho intramolecular Hbond substituents is 2. The van der Waals surface area contributed by atoms with Gasteiger partial charge in [-0.3, -0.25) is 9.59 Å². The van der Waals surface area contributed by atoms with Crippen molar-refractivity contribution in [2.24, 2.45) is 0 Å². The number of carbonyl (C=O) groups is 2. The highest BCUT2D eigenvalue weighted by Crippen LogP contribution is 2.11. The Hall–Kier alpha value is -3.54. The molecule has 4 N–H and O–H groups in total. The summed E-state index contributed by atoms with van der Waals surface area (Å²) in [5, 5.41) is 24.0. The van der Waals surface area contributed by atoms with E-state index in [-0.39, 0.29) is 23.3 Å². The number of nitrogens with one attached hydrogen (secondary N) is 2. The lowest BCUT2D eigenvalue weighted by Gasteiger charge is -2.04. The summed E-state index contributed by atoms with van der Waals surface area (Å²) in [6.07, 6.45) is 7.75. The van der Waals surface area contributed by atoms with Gasteiger partial charge in [0.1, 0.15) is 11.5 Å². The summed E-state index contributed by atoms with van der Waals surface area (Å²) in [5.41, 5.74) is 1.66. The summed E-state index contributed by atoms with van der Waals surface area (Å²) in [6.45, 7) is 1.05. The number of phenols is 2. The van der Waals surface area contributed by atoms with Gasteiger partial charge in [-0.25, -0.2) is 0 Å². The topological polar surface area (TPSA) is 98.7 Å². The Morgan fingerprint density at radius 3 is 1.39 bits per heavy atom. The van der Waals surface area contributed by atoms with Gasteiger partial charge in [-0.1, -0.05) is 24.3 Å². The van der Waals surface area contributed by atoms with Crippen LogP contribution in [0.3, 0.4) is 0 Å². The van der Waals surface area contributed by atoms with Crippen LogP contribution in [0.4, 0.5) is 0 Å². The zero-order valence-electron chi connectivity index (χ0n) is 15.5. The van der Waals surface area contributed by atoms with Crippen molar-refractivity contribution in [3.05, 3.63) is 71.8 Å². The van der Waals surface area contributed by atoms with E-state index in [4.69, 9.17) is 0 Å². The van der Waals surface area contributed by atoms with Gasteiger partial charge in [-0.15, -0.1) is 0 Å². The molecule has 0 aliphatic rings. The van der Waals surface area contributed by atoms with Crippen molar-refractivity contribution in [2.45, 2.75) is 12.8 Å². The first kappa shape index (κ1) is 20.8. The van der Waals surface area contributed by atoms with Crippen molar-refractivity contribution >= 4 is 24.0 Å². The van der Waals surface area contributed by atoms with E-state index in [9.17, 15) is 19.8 Å². The van der Waals surface area contributed by atoms with Gasteiger partial charge >= 0.3 is 0 Å². The summed E-state index contributed by atoms with van der Waals surface area (Å²) in [4.78, 5) is 23.4. The maximum atomic E-state index is 11.7. The summed E-state index contributed by atoms with van der Waals surface area (Å²) in [5.74, 6) is -0.00282. The molecule has 0 radical (unpaired) electrons. The average molecular weight is 380 g/mol. The largest absolute Gasteiger partial charge is 0.508 e. The molecule has 2 aromatic carbocycles. The quantitative estimate of drug-likeness (QED) is 0.397. The Labute approximate surface area is 164 Å². The molecule has 0 aliphatic heterocycles. The monoisotopic (exact) mass is 380 g/mol. The molecule has 146 valence electrons. The van der Waals surface area contributed by atoms with Gasteiger partial charge in [-0.2, -0.15) is 0 Å². The standard InChI is InChI=1S/C22H24N2O4/c25-19-9-3-17(4-10-19)7-13-21(27)23-15-1-2-16-24-22(28)14-8-18-5-11-20(26)12-6-18/h3-14,25-26H,1-2,15-16H2,(H,23,27)(H,24,28)/b13-7+,14-8+. The zero-order chi connectivity index (χ0) is 20.2. The Bertz CT molecular complexity index is 753. The number of carbonyl (C=O) groups excluding carboxylic acids is 2. The molecule has 28 heavy (non-hydrogen) atoms. The van der Waals surface area contributed by atoms with Crippen LogP contribution in [0.2, 0.25) is 0 Å². The number of rotatable bonds is 9. The van der Waals surface area contributed by atoms with Crippen LogP contribution in [0.1, 0.15) is 24.0 Å². The normalized spacial score (nSPS) is 11.0. The molecule has 0 saturated heterocycles. The van der Waals surface area contributed by atoms with E-state index < -0.39 is 0 Å². The lowest BCUT2D eigenvalue weighted by Crippen LogP contribution is -2.25. The second-order valence-electron chi connectivity index (χ2n) is 6.14. The van der Waals surface area contributed by atoms with Crippen LogP contribution in [-0.2, 0) is 9.59 Å². The van der Waals surface area contributed by atoms with E-state index in [2.05, 4.69) is 10.6 Å². The van der Waals surface area contributed by atoms with Crippen LogP contribution in [0.15, 0.2) is 60.7 Å². The highest BCUT2D eigenvalue weighted by atomic mass is 16.3. The maximum Gasteiger partial charge on any atom is 0.243 e. The zero-order valence-corrected chi connectivity index (χ0v) is 15.5.